The van der Waals surface area contributed by atoms with E-state index in [2.05, 4.69) is 46.4 Å². The number of anilines is 1. The summed E-state index contributed by atoms with van der Waals surface area (Å²) in [5.74, 6) is -0.475. The summed E-state index contributed by atoms with van der Waals surface area (Å²) in [7, 11) is 1.55. The minimum atomic E-state index is -0.998. The number of hydrogen-bond donors (Lipinski definition) is 2. The standard InChI is InChI=1S/C34H32N2O5/c1-40-32-18-26(33(37)38)13-12-25(32)17-27-21-36(20-22-10-11-23-6-2-3-7-24(23)16-22)31-15-14-28(19-30(27)31)35-34(39)41-29-8-4-5-9-29/h2-3,6-7,10-16,18-19,21,29H,4-5,8-9,17,20H2,1H3,(H,35,39)(H,37,38). The van der Waals surface area contributed by atoms with Crippen LogP contribution in [0.1, 0.15) is 52.7 Å². The van der Waals surface area contributed by atoms with E-state index in [-0.39, 0.29) is 11.7 Å². The topological polar surface area (TPSA) is 89.8 Å². The molecule has 5 aromatic rings. The number of ether oxygens (including phenoxy) is 2. The molecule has 0 bridgehead atoms. The molecule has 2 N–H and O–H groups in total. The van der Waals surface area contributed by atoms with Crippen LogP contribution >= 0.6 is 0 Å². The summed E-state index contributed by atoms with van der Waals surface area (Å²) in [5, 5.41) is 15.7. The molecule has 0 saturated heterocycles. The minimum Gasteiger partial charge on any atom is -0.496 e. The molecule has 6 rings (SSSR count). The first-order valence-electron chi connectivity index (χ1n) is 13.9. The highest BCUT2D eigenvalue weighted by molar-refractivity contribution is 5.93. The lowest BCUT2D eigenvalue weighted by Crippen LogP contribution is -2.20. The number of aromatic nitrogens is 1. The molecule has 0 radical (unpaired) electrons. The second-order valence-electron chi connectivity index (χ2n) is 10.6. The smallest absolute Gasteiger partial charge is 0.411 e. The van der Waals surface area contributed by atoms with Gasteiger partial charge in [-0.2, -0.15) is 0 Å². The number of carbonyl (C=O) groups is 2. The Morgan fingerprint density at radius 2 is 1.73 bits per heavy atom. The van der Waals surface area contributed by atoms with Crippen molar-refractivity contribution in [2.24, 2.45) is 0 Å². The van der Waals surface area contributed by atoms with Crippen molar-refractivity contribution in [3.8, 4) is 5.75 Å². The number of benzene rings is 4. The second-order valence-corrected chi connectivity index (χ2v) is 10.6. The summed E-state index contributed by atoms with van der Waals surface area (Å²) in [6.07, 6.45) is 6.22. The summed E-state index contributed by atoms with van der Waals surface area (Å²) >= 11 is 0. The number of aromatic carboxylic acids is 1. The fourth-order valence-corrected chi connectivity index (χ4v) is 5.79. The third kappa shape index (κ3) is 5.75. The van der Waals surface area contributed by atoms with Gasteiger partial charge in [-0.3, -0.25) is 5.32 Å². The monoisotopic (exact) mass is 548 g/mol. The van der Waals surface area contributed by atoms with Crippen LogP contribution in [-0.4, -0.2) is 34.9 Å². The van der Waals surface area contributed by atoms with E-state index < -0.39 is 12.1 Å². The third-order valence-electron chi connectivity index (χ3n) is 7.87. The van der Waals surface area contributed by atoms with Gasteiger partial charge in [0, 0.05) is 35.8 Å². The van der Waals surface area contributed by atoms with Crippen molar-refractivity contribution in [2.45, 2.75) is 44.8 Å². The lowest BCUT2D eigenvalue weighted by atomic mass is 10.0. The molecule has 7 heteroatoms. The normalized spacial score (nSPS) is 13.5. The zero-order chi connectivity index (χ0) is 28.3. The van der Waals surface area contributed by atoms with E-state index in [1.807, 2.05) is 30.3 Å². The van der Waals surface area contributed by atoms with Gasteiger partial charge in [-0.15, -0.1) is 0 Å². The zero-order valence-electron chi connectivity index (χ0n) is 22.9. The molecule has 0 unspecified atom stereocenters. The van der Waals surface area contributed by atoms with Crippen molar-refractivity contribution < 1.29 is 24.2 Å². The molecule has 1 heterocycles. The molecule has 0 spiro atoms. The SMILES string of the molecule is COc1cc(C(=O)O)ccc1Cc1cn(Cc2ccc3ccccc3c2)c2ccc(NC(=O)OC3CCCC3)cc12. The number of nitrogens with one attached hydrogen (secondary N) is 1. The van der Waals surface area contributed by atoms with Crippen molar-refractivity contribution in [1.29, 1.82) is 0 Å². The Balaban J connectivity index is 1.35. The van der Waals surface area contributed by atoms with Crippen LogP contribution in [0.15, 0.2) is 85.1 Å². The Morgan fingerprint density at radius 1 is 0.927 bits per heavy atom. The summed E-state index contributed by atoms with van der Waals surface area (Å²) in [4.78, 5) is 24.1. The van der Waals surface area contributed by atoms with Crippen LogP contribution in [0.3, 0.4) is 0 Å². The first kappa shape index (κ1) is 26.4. The van der Waals surface area contributed by atoms with Crippen LogP contribution < -0.4 is 10.1 Å². The van der Waals surface area contributed by atoms with Gasteiger partial charge in [-0.05, 0) is 89.5 Å². The van der Waals surface area contributed by atoms with Gasteiger partial charge in [0.25, 0.3) is 0 Å². The Labute approximate surface area is 238 Å². The van der Waals surface area contributed by atoms with Gasteiger partial charge in [-0.25, -0.2) is 9.59 Å². The highest BCUT2D eigenvalue weighted by atomic mass is 16.6. The number of carboxylic acids is 1. The number of fused-ring (bicyclic) bond motifs is 2. The first-order chi connectivity index (χ1) is 20.0. The van der Waals surface area contributed by atoms with E-state index in [1.165, 1.54) is 16.3 Å². The largest absolute Gasteiger partial charge is 0.496 e. The van der Waals surface area contributed by atoms with E-state index in [1.54, 1.807) is 25.3 Å². The lowest BCUT2D eigenvalue weighted by molar-refractivity contribution is 0.0696. The van der Waals surface area contributed by atoms with Crippen molar-refractivity contribution >= 4 is 39.4 Å². The molecule has 0 aliphatic heterocycles. The molecule has 7 nitrogen and oxygen atoms in total. The molecule has 4 aromatic carbocycles. The van der Waals surface area contributed by atoms with Gasteiger partial charge in [0.05, 0.1) is 12.7 Å². The van der Waals surface area contributed by atoms with Crippen LogP contribution in [0.2, 0.25) is 0 Å². The Morgan fingerprint density at radius 3 is 2.51 bits per heavy atom. The van der Waals surface area contributed by atoms with E-state index in [0.717, 1.165) is 47.7 Å². The quantitative estimate of drug-likeness (QED) is 0.208. The molecule has 1 saturated carbocycles. The molecule has 1 aliphatic carbocycles. The number of rotatable bonds is 8. The second kappa shape index (κ2) is 11.4. The molecule has 0 atom stereocenters. The van der Waals surface area contributed by atoms with E-state index in [0.29, 0.717) is 24.4 Å². The van der Waals surface area contributed by atoms with Gasteiger partial charge in [-0.1, -0.05) is 42.5 Å². The van der Waals surface area contributed by atoms with Crippen molar-refractivity contribution in [3.05, 3.63) is 107 Å². The molecule has 1 aromatic heterocycles. The van der Waals surface area contributed by atoms with Gasteiger partial charge in [0.15, 0.2) is 0 Å². The van der Waals surface area contributed by atoms with Crippen molar-refractivity contribution in [2.75, 3.05) is 12.4 Å². The van der Waals surface area contributed by atoms with Gasteiger partial charge in [0.2, 0.25) is 0 Å². The lowest BCUT2D eigenvalue weighted by Gasteiger charge is -2.13. The maximum atomic E-state index is 12.6. The summed E-state index contributed by atoms with van der Waals surface area (Å²) in [5.41, 5.74) is 4.97. The van der Waals surface area contributed by atoms with Crippen molar-refractivity contribution in [1.82, 2.24) is 4.57 Å². The highest BCUT2D eigenvalue weighted by Crippen LogP contribution is 2.31. The molecule has 208 valence electrons. The predicted molar refractivity (Wildman–Crippen MR) is 160 cm³/mol. The predicted octanol–water partition coefficient (Wildman–Crippen LogP) is 7.63. The minimum absolute atomic E-state index is 0.0152. The maximum absolute atomic E-state index is 12.6. The molecule has 1 aliphatic rings. The Kier molecular flexibility index (Phi) is 7.33. The van der Waals surface area contributed by atoms with Crippen LogP contribution in [0, 0.1) is 0 Å². The number of amides is 1. The number of nitrogens with zero attached hydrogens (tertiary/aromatic N) is 1. The Bertz CT molecular complexity index is 1750. The number of carbonyl (C=O) groups excluding carboxylic acids is 1. The van der Waals surface area contributed by atoms with E-state index in [9.17, 15) is 14.7 Å². The molecule has 1 fully saturated rings. The van der Waals surface area contributed by atoms with Gasteiger partial charge < -0.3 is 19.1 Å². The fourth-order valence-electron chi connectivity index (χ4n) is 5.79. The average molecular weight is 549 g/mol. The molecular weight excluding hydrogens is 516 g/mol. The Hall–Kier alpha value is -4.78. The molecular formula is C34H32N2O5. The van der Waals surface area contributed by atoms with Gasteiger partial charge >= 0.3 is 12.1 Å². The number of carboxylic acid groups (broad SMARTS) is 1. The highest BCUT2D eigenvalue weighted by Gasteiger charge is 2.20. The van der Waals surface area contributed by atoms with Crippen LogP contribution in [0.25, 0.3) is 21.7 Å². The molecule has 1 amide bonds. The van der Waals surface area contributed by atoms with Crippen molar-refractivity contribution in [3.63, 3.8) is 0 Å². The average Bonchev–Trinajstić information content (AvgIpc) is 3.60. The first-order valence-corrected chi connectivity index (χ1v) is 13.9. The maximum Gasteiger partial charge on any atom is 0.411 e. The van der Waals surface area contributed by atoms with Crippen LogP contribution in [0.4, 0.5) is 10.5 Å². The van der Waals surface area contributed by atoms with E-state index >= 15 is 0 Å². The summed E-state index contributed by atoms with van der Waals surface area (Å²) in [6.45, 7) is 0.674. The number of methoxy groups -OCH3 is 1. The number of hydrogen-bond acceptors (Lipinski definition) is 4. The molecule has 41 heavy (non-hydrogen) atoms. The van der Waals surface area contributed by atoms with E-state index in [4.69, 9.17) is 9.47 Å². The fraction of sp³-hybridized carbons (Fsp3) is 0.235. The van der Waals surface area contributed by atoms with Crippen LogP contribution in [-0.2, 0) is 17.7 Å². The summed E-state index contributed by atoms with van der Waals surface area (Å²) in [6, 6.07) is 25.7. The van der Waals surface area contributed by atoms with Crippen LogP contribution in [0.5, 0.6) is 5.75 Å². The zero-order valence-corrected chi connectivity index (χ0v) is 22.9. The van der Waals surface area contributed by atoms with Gasteiger partial charge in [0.1, 0.15) is 11.9 Å². The summed E-state index contributed by atoms with van der Waals surface area (Å²) < 4.78 is 13.4. The third-order valence-corrected chi connectivity index (χ3v) is 7.87.